The molecule has 166 valence electrons. The van der Waals surface area contributed by atoms with E-state index in [1.807, 2.05) is 60.4 Å². The number of aromatic nitrogens is 2. The van der Waals surface area contributed by atoms with Gasteiger partial charge in [-0.15, -0.1) is 0 Å². The molecule has 1 amide bonds. The van der Waals surface area contributed by atoms with Crippen molar-refractivity contribution in [2.24, 2.45) is 0 Å². The van der Waals surface area contributed by atoms with Crippen LogP contribution in [0.15, 0.2) is 66.7 Å². The number of rotatable bonds is 5. The number of carbonyl (C=O) groups is 1. The Morgan fingerprint density at radius 1 is 1.09 bits per heavy atom. The van der Waals surface area contributed by atoms with Crippen molar-refractivity contribution in [1.82, 2.24) is 15.1 Å². The highest BCUT2D eigenvalue weighted by Gasteiger charge is 2.42. The summed E-state index contributed by atoms with van der Waals surface area (Å²) in [5.41, 5.74) is 5.22. The number of methoxy groups -OCH3 is 1. The van der Waals surface area contributed by atoms with Crippen LogP contribution in [0.4, 0.5) is 0 Å². The zero-order valence-corrected chi connectivity index (χ0v) is 18.9. The minimum atomic E-state index is -0.373. The smallest absolute Gasteiger partial charge is 0.273 e. The third kappa shape index (κ3) is 3.72. The molecular weight excluding hydrogens is 438 g/mol. The van der Waals surface area contributed by atoms with E-state index < -0.39 is 0 Å². The molecule has 1 aliphatic heterocycles. The van der Waals surface area contributed by atoms with Crippen molar-refractivity contribution in [1.29, 1.82) is 0 Å². The highest BCUT2D eigenvalue weighted by Crippen LogP contribution is 2.45. The Morgan fingerprint density at radius 2 is 1.82 bits per heavy atom. The summed E-state index contributed by atoms with van der Waals surface area (Å²) in [6.45, 7) is 2.43. The largest absolute Gasteiger partial charge is 0.507 e. The van der Waals surface area contributed by atoms with Crippen molar-refractivity contribution in [3.05, 3.63) is 99.7 Å². The molecule has 0 spiro atoms. The highest BCUT2D eigenvalue weighted by atomic mass is 35.5. The Morgan fingerprint density at radius 3 is 2.52 bits per heavy atom. The number of benzene rings is 3. The van der Waals surface area contributed by atoms with Crippen molar-refractivity contribution in [3.8, 4) is 22.8 Å². The molecule has 1 atom stereocenters. The molecule has 0 bridgehead atoms. The van der Waals surface area contributed by atoms with Gasteiger partial charge in [0.05, 0.1) is 13.2 Å². The van der Waals surface area contributed by atoms with Crippen molar-refractivity contribution in [2.45, 2.75) is 19.5 Å². The van der Waals surface area contributed by atoms with Crippen LogP contribution in [-0.2, 0) is 6.54 Å². The standard InChI is InChI=1S/C26H22ClN3O3/c1-15-3-7-17(8-4-15)25-22-23(20-13-18(27)9-12-21(20)31)28-29-24(22)26(32)30(25)14-16-5-10-19(33-2)11-6-16/h3-13,25,31H,14H2,1-2H3,(H,28,29). The first kappa shape index (κ1) is 21.1. The molecule has 3 aromatic carbocycles. The summed E-state index contributed by atoms with van der Waals surface area (Å²) < 4.78 is 5.26. The van der Waals surface area contributed by atoms with E-state index in [0.29, 0.717) is 28.5 Å². The van der Waals surface area contributed by atoms with Crippen molar-refractivity contribution >= 4 is 17.5 Å². The third-order valence-corrected chi connectivity index (χ3v) is 6.22. The van der Waals surface area contributed by atoms with E-state index in [4.69, 9.17) is 16.3 Å². The van der Waals surface area contributed by atoms with Gasteiger partial charge in [-0.3, -0.25) is 9.89 Å². The van der Waals surface area contributed by atoms with Crippen LogP contribution >= 0.6 is 11.6 Å². The Kier molecular flexibility index (Phi) is 5.30. The molecule has 2 N–H and O–H groups in total. The number of aryl methyl sites for hydroxylation is 1. The highest BCUT2D eigenvalue weighted by molar-refractivity contribution is 6.31. The average molecular weight is 460 g/mol. The second-order valence-electron chi connectivity index (χ2n) is 8.12. The van der Waals surface area contributed by atoms with Gasteiger partial charge in [0.25, 0.3) is 5.91 Å². The lowest BCUT2D eigenvalue weighted by molar-refractivity contribution is 0.0730. The molecule has 1 aromatic heterocycles. The molecule has 6 nitrogen and oxygen atoms in total. The number of phenols is 1. The summed E-state index contributed by atoms with van der Waals surface area (Å²) in [6.07, 6.45) is 0. The molecule has 7 heteroatoms. The van der Waals surface area contributed by atoms with E-state index >= 15 is 0 Å². The van der Waals surface area contributed by atoms with Crippen molar-refractivity contribution in [3.63, 3.8) is 0 Å². The Bertz CT molecular complexity index is 1330. The molecule has 5 rings (SSSR count). The van der Waals surface area contributed by atoms with Gasteiger partial charge < -0.3 is 14.7 Å². The number of hydrogen-bond acceptors (Lipinski definition) is 4. The molecule has 2 heterocycles. The molecule has 33 heavy (non-hydrogen) atoms. The van der Waals surface area contributed by atoms with E-state index in [-0.39, 0.29) is 17.7 Å². The minimum absolute atomic E-state index is 0.0532. The van der Waals surface area contributed by atoms with Crippen LogP contribution in [0.2, 0.25) is 5.02 Å². The second-order valence-corrected chi connectivity index (χ2v) is 8.55. The number of nitrogens with zero attached hydrogens (tertiary/aromatic N) is 2. The summed E-state index contributed by atoms with van der Waals surface area (Å²) in [7, 11) is 1.62. The van der Waals surface area contributed by atoms with Crippen LogP contribution in [-0.4, -0.2) is 33.2 Å². The fraction of sp³-hybridized carbons (Fsp3) is 0.154. The van der Waals surface area contributed by atoms with Gasteiger partial charge in [-0.05, 0) is 48.4 Å². The lowest BCUT2D eigenvalue weighted by atomic mass is 9.95. The maximum atomic E-state index is 13.5. The molecule has 1 aliphatic rings. The maximum absolute atomic E-state index is 13.5. The molecular formula is C26H22ClN3O3. The number of hydrogen-bond donors (Lipinski definition) is 2. The van der Waals surface area contributed by atoms with Crippen LogP contribution in [0, 0.1) is 6.92 Å². The summed E-state index contributed by atoms with van der Waals surface area (Å²) in [5.74, 6) is 0.666. The number of aromatic amines is 1. The van der Waals surface area contributed by atoms with E-state index in [9.17, 15) is 9.90 Å². The van der Waals surface area contributed by atoms with Crippen LogP contribution in [0.3, 0.4) is 0 Å². The fourth-order valence-corrected chi connectivity index (χ4v) is 4.46. The second kappa shape index (κ2) is 8.30. The van der Waals surface area contributed by atoms with Gasteiger partial charge in [-0.1, -0.05) is 53.6 Å². The maximum Gasteiger partial charge on any atom is 0.273 e. The number of phenolic OH excluding ortho intramolecular Hbond substituents is 1. The first-order valence-corrected chi connectivity index (χ1v) is 10.9. The number of carbonyl (C=O) groups excluding carboxylic acids is 1. The first-order chi connectivity index (χ1) is 16.0. The molecule has 0 aliphatic carbocycles. The molecule has 0 fully saturated rings. The van der Waals surface area contributed by atoms with E-state index in [0.717, 1.165) is 28.0 Å². The Hall–Kier alpha value is -3.77. The van der Waals surface area contributed by atoms with Gasteiger partial charge in [0.2, 0.25) is 0 Å². The number of ether oxygens (including phenoxy) is 1. The quantitative estimate of drug-likeness (QED) is 0.413. The van der Waals surface area contributed by atoms with Crippen LogP contribution in [0.1, 0.15) is 38.8 Å². The Balaban J connectivity index is 1.63. The van der Waals surface area contributed by atoms with Crippen molar-refractivity contribution in [2.75, 3.05) is 7.11 Å². The van der Waals surface area contributed by atoms with Gasteiger partial charge >= 0.3 is 0 Å². The van der Waals surface area contributed by atoms with Crippen LogP contribution in [0.25, 0.3) is 11.3 Å². The predicted molar refractivity (Wildman–Crippen MR) is 127 cm³/mol. The van der Waals surface area contributed by atoms with E-state index in [2.05, 4.69) is 10.2 Å². The zero-order valence-electron chi connectivity index (χ0n) is 18.2. The number of halogens is 1. The van der Waals surface area contributed by atoms with Gasteiger partial charge in [-0.2, -0.15) is 5.10 Å². The number of aromatic hydroxyl groups is 1. The summed E-state index contributed by atoms with van der Waals surface area (Å²) >= 11 is 6.21. The molecule has 0 radical (unpaired) electrons. The number of fused-ring (bicyclic) bond motifs is 1. The van der Waals surface area contributed by atoms with Crippen LogP contribution < -0.4 is 4.74 Å². The van der Waals surface area contributed by atoms with Crippen LogP contribution in [0.5, 0.6) is 11.5 Å². The number of H-pyrrole nitrogens is 1. The Labute approximate surface area is 196 Å². The van der Waals surface area contributed by atoms with Gasteiger partial charge in [0, 0.05) is 22.7 Å². The van der Waals surface area contributed by atoms with Gasteiger partial charge in [-0.25, -0.2) is 0 Å². The van der Waals surface area contributed by atoms with Gasteiger partial charge in [0.15, 0.2) is 0 Å². The zero-order chi connectivity index (χ0) is 23.1. The third-order valence-electron chi connectivity index (χ3n) is 5.98. The number of nitrogens with one attached hydrogen (secondary N) is 1. The van der Waals surface area contributed by atoms with E-state index in [1.54, 1.807) is 19.2 Å². The SMILES string of the molecule is COc1ccc(CN2C(=O)c3[nH]nc(-c4cc(Cl)ccc4O)c3C2c2ccc(C)cc2)cc1. The minimum Gasteiger partial charge on any atom is -0.507 e. The summed E-state index contributed by atoms with van der Waals surface area (Å²) in [5, 5.41) is 18.3. The summed E-state index contributed by atoms with van der Waals surface area (Å²) in [4.78, 5) is 15.3. The topological polar surface area (TPSA) is 78.5 Å². The summed E-state index contributed by atoms with van der Waals surface area (Å²) in [6, 6.07) is 20.2. The van der Waals surface area contributed by atoms with Crippen molar-refractivity contribution < 1.29 is 14.6 Å². The van der Waals surface area contributed by atoms with E-state index in [1.165, 1.54) is 6.07 Å². The molecule has 0 saturated heterocycles. The normalized spacial score (nSPS) is 15.1. The predicted octanol–water partition coefficient (Wildman–Crippen LogP) is 5.50. The lowest BCUT2D eigenvalue weighted by Crippen LogP contribution is -2.29. The fourth-order valence-electron chi connectivity index (χ4n) is 4.29. The molecule has 4 aromatic rings. The first-order valence-electron chi connectivity index (χ1n) is 10.5. The monoisotopic (exact) mass is 459 g/mol. The average Bonchev–Trinajstić information content (AvgIpc) is 3.36. The van der Waals surface area contributed by atoms with Gasteiger partial charge in [0.1, 0.15) is 22.9 Å². The molecule has 0 saturated carbocycles. The lowest BCUT2D eigenvalue weighted by Gasteiger charge is -2.27. The molecule has 1 unspecified atom stereocenters. The number of amides is 1.